The molecule has 104 valence electrons. The van der Waals surface area contributed by atoms with Gasteiger partial charge in [0.25, 0.3) is 5.91 Å². The number of carbonyl (C=O) groups excluding carboxylic acids is 1. The summed E-state index contributed by atoms with van der Waals surface area (Å²) in [4.78, 5) is 12.0. The second-order valence-corrected chi connectivity index (χ2v) is 5.43. The fourth-order valence-electron chi connectivity index (χ4n) is 1.52. The van der Waals surface area contributed by atoms with Crippen molar-refractivity contribution in [2.24, 2.45) is 10.9 Å². The highest BCUT2D eigenvalue weighted by atomic mass is 79.9. The summed E-state index contributed by atoms with van der Waals surface area (Å²) in [6.07, 6.45) is 0. The van der Waals surface area contributed by atoms with Crippen LogP contribution in [0.5, 0.6) is 0 Å². The summed E-state index contributed by atoms with van der Waals surface area (Å²) in [6.45, 7) is 0. The molecule has 20 heavy (non-hydrogen) atoms. The van der Waals surface area contributed by atoms with E-state index in [2.05, 4.69) is 42.3 Å². The molecule has 0 bridgehead atoms. The highest BCUT2D eigenvalue weighted by Crippen LogP contribution is 2.23. The van der Waals surface area contributed by atoms with E-state index in [9.17, 15) is 4.79 Å². The van der Waals surface area contributed by atoms with Gasteiger partial charge in [-0.15, -0.1) is 0 Å². The molecule has 0 unspecified atom stereocenters. The number of benzene rings is 1. The summed E-state index contributed by atoms with van der Waals surface area (Å²) in [7, 11) is 0. The van der Waals surface area contributed by atoms with Crippen molar-refractivity contribution in [2.75, 3.05) is 5.32 Å². The maximum Gasteiger partial charge on any atom is 0.291 e. The summed E-state index contributed by atoms with van der Waals surface area (Å²) in [5.41, 5.74) is 6.36. The maximum atomic E-state index is 12.0. The van der Waals surface area contributed by atoms with E-state index in [4.69, 9.17) is 15.4 Å². The molecule has 1 aromatic heterocycles. The molecule has 0 spiro atoms. The van der Waals surface area contributed by atoms with Crippen molar-refractivity contribution < 1.29 is 14.4 Å². The first-order valence-corrected chi connectivity index (χ1v) is 6.94. The van der Waals surface area contributed by atoms with Crippen LogP contribution < -0.4 is 11.1 Å². The molecule has 0 aliphatic rings. The Kier molecular flexibility index (Phi) is 4.46. The standard InChI is InChI=1S/C12H9Br2N3O3/c13-6-1-2-7(11(15)17-19)8(5-6)16-12(18)9-3-4-10(14)20-9/h1-5,19H,(H2,15,17)(H,16,18). The number of nitrogens with zero attached hydrogens (tertiary/aromatic N) is 1. The lowest BCUT2D eigenvalue weighted by Crippen LogP contribution is -2.19. The summed E-state index contributed by atoms with van der Waals surface area (Å²) >= 11 is 6.41. The van der Waals surface area contributed by atoms with Crippen LogP contribution in [0.1, 0.15) is 16.1 Å². The fraction of sp³-hybridized carbons (Fsp3) is 0. The zero-order valence-electron chi connectivity index (χ0n) is 9.93. The Bertz CT molecular complexity index is 682. The number of carbonyl (C=O) groups is 1. The number of halogens is 2. The van der Waals surface area contributed by atoms with Gasteiger partial charge in [0, 0.05) is 10.0 Å². The third kappa shape index (κ3) is 3.20. The summed E-state index contributed by atoms with van der Waals surface area (Å²) in [5, 5.41) is 14.3. The normalized spacial score (nSPS) is 11.4. The predicted molar refractivity (Wildman–Crippen MR) is 81.0 cm³/mol. The van der Waals surface area contributed by atoms with Gasteiger partial charge in [0.1, 0.15) is 0 Å². The molecule has 0 saturated carbocycles. The number of rotatable bonds is 3. The highest BCUT2D eigenvalue weighted by Gasteiger charge is 2.14. The number of hydrogen-bond donors (Lipinski definition) is 3. The van der Waals surface area contributed by atoms with E-state index >= 15 is 0 Å². The lowest BCUT2D eigenvalue weighted by molar-refractivity contribution is 0.0995. The van der Waals surface area contributed by atoms with Crippen molar-refractivity contribution in [3.8, 4) is 0 Å². The van der Waals surface area contributed by atoms with Crippen LogP contribution in [0.4, 0.5) is 5.69 Å². The molecule has 8 heteroatoms. The van der Waals surface area contributed by atoms with E-state index in [0.717, 1.165) is 4.47 Å². The molecule has 2 aromatic rings. The van der Waals surface area contributed by atoms with Gasteiger partial charge in [0.05, 0.1) is 5.69 Å². The summed E-state index contributed by atoms with van der Waals surface area (Å²) < 4.78 is 6.35. The Labute approximate surface area is 130 Å². The van der Waals surface area contributed by atoms with E-state index in [0.29, 0.717) is 15.9 Å². The molecule has 1 heterocycles. The van der Waals surface area contributed by atoms with Crippen LogP contribution in [0.15, 0.2) is 49.0 Å². The van der Waals surface area contributed by atoms with Gasteiger partial charge in [0.2, 0.25) is 0 Å². The van der Waals surface area contributed by atoms with E-state index in [1.165, 1.54) is 6.07 Å². The Morgan fingerprint density at radius 3 is 2.65 bits per heavy atom. The molecular formula is C12H9Br2N3O3. The number of anilines is 1. The number of furan rings is 1. The Balaban J connectivity index is 2.33. The minimum Gasteiger partial charge on any atom is -0.444 e. The molecule has 0 radical (unpaired) electrons. The third-order valence-corrected chi connectivity index (χ3v) is 3.33. The highest BCUT2D eigenvalue weighted by molar-refractivity contribution is 9.10. The molecule has 2 rings (SSSR count). The van der Waals surface area contributed by atoms with Gasteiger partial charge in [-0.2, -0.15) is 0 Å². The number of amidine groups is 1. The van der Waals surface area contributed by atoms with Crippen molar-refractivity contribution in [3.63, 3.8) is 0 Å². The van der Waals surface area contributed by atoms with Gasteiger partial charge in [-0.3, -0.25) is 4.79 Å². The van der Waals surface area contributed by atoms with Gasteiger partial charge in [-0.1, -0.05) is 21.1 Å². The smallest absolute Gasteiger partial charge is 0.291 e. The number of hydrogen-bond acceptors (Lipinski definition) is 4. The molecule has 0 fully saturated rings. The number of oxime groups is 1. The molecule has 0 aliphatic carbocycles. The van der Waals surface area contributed by atoms with E-state index in [-0.39, 0.29) is 11.6 Å². The predicted octanol–water partition coefficient (Wildman–Crippen LogP) is 3.15. The molecule has 0 atom stereocenters. The zero-order valence-corrected chi connectivity index (χ0v) is 13.1. The van der Waals surface area contributed by atoms with Gasteiger partial charge < -0.3 is 20.7 Å². The molecular weight excluding hydrogens is 394 g/mol. The van der Waals surface area contributed by atoms with Crippen LogP contribution in [0, 0.1) is 0 Å². The van der Waals surface area contributed by atoms with Gasteiger partial charge in [-0.25, -0.2) is 0 Å². The van der Waals surface area contributed by atoms with Crippen LogP contribution in [0.3, 0.4) is 0 Å². The average Bonchev–Trinajstić information content (AvgIpc) is 2.85. The minimum atomic E-state index is -0.444. The first kappa shape index (κ1) is 14.6. The lowest BCUT2D eigenvalue weighted by Gasteiger charge is -2.09. The Hall–Kier alpha value is -1.80. The topological polar surface area (TPSA) is 101 Å². The van der Waals surface area contributed by atoms with Crippen LogP contribution in [0.2, 0.25) is 0 Å². The molecule has 1 amide bonds. The SMILES string of the molecule is N/C(=N/O)c1ccc(Br)cc1NC(=O)c1ccc(Br)o1. The number of nitrogens with one attached hydrogen (secondary N) is 1. The van der Waals surface area contributed by atoms with Gasteiger partial charge in [0.15, 0.2) is 16.3 Å². The van der Waals surface area contributed by atoms with E-state index < -0.39 is 5.91 Å². The molecule has 0 saturated heterocycles. The first-order chi connectivity index (χ1) is 9.51. The van der Waals surface area contributed by atoms with Gasteiger partial charge in [-0.05, 0) is 46.3 Å². The average molecular weight is 403 g/mol. The molecule has 6 nitrogen and oxygen atoms in total. The lowest BCUT2D eigenvalue weighted by atomic mass is 10.1. The van der Waals surface area contributed by atoms with Crippen LogP contribution in [0.25, 0.3) is 0 Å². The maximum absolute atomic E-state index is 12.0. The largest absolute Gasteiger partial charge is 0.444 e. The quantitative estimate of drug-likeness (QED) is 0.317. The van der Waals surface area contributed by atoms with Gasteiger partial charge >= 0.3 is 0 Å². The van der Waals surface area contributed by atoms with Crippen LogP contribution >= 0.6 is 31.9 Å². The molecule has 1 aromatic carbocycles. The van der Waals surface area contributed by atoms with Crippen LogP contribution in [-0.4, -0.2) is 17.0 Å². The first-order valence-electron chi connectivity index (χ1n) is 5.35. The van der Waals surface area contributed by atoms with Crippen molar-refractivity contribution in [1.82, 2.24) is 0 Å². The van der Waals surface area contributed by atoms with Crippen molar-refractivity contribution in [2.45, 2.75) is 0 Å². The molecule has 0 aliphatic heterocycles. The molecule has 4 N–H and O–H groups in total. The van der Waals surface area contributed by atoms with Crippen LogP contribution in [-0.2, 0) is 0 Å². The fourth-order valence-corrected chi connectivity index (χ4v) is 2.18. The van der Waals surface area contributed by atoms with E-state index in [1.54, 1.807) is 24.3 Å². The Morgan fingerprint density at radius 2 is 2.05 bits per heavy atom. The van der Waals surface area contributed by atoms with Crippen molar-refractivity contribution in [1.29, 1.82) is 0 Å². The van der Waals surface area contributed by atoms with Crippen molar-refractivity contribution in [3.05, 3.63) is 50.8 Å². The third-order valence-electron chi connectivity index (χ3n) is 2.41. The second kappa shape index (κ2) is 6.10. The zero-order chi connectivity index (χ0) is 14.7. The monoisotopic (exact) mass is 401 g/mol. The van der Waals surface area contributed by atoms with E-state index in [1.807, 2.05) is 0 Å². The number of amides is 1. The summed E-state index contributed by atoms with van der Waals surface area (Å²) in [5.74, 6) is -0.406. The van der Waals surface area contributed by atoms with Crippen molar-refractivity contribution >= 4 is 49.3 Å². The summed E-state index contributed by atoms with van der Waals surface area (Å²) in [6, 6.07) is 8.11. The minimum absolute atomic E-state index is 0.103. The Morgan fingerprint density at radius 1 is 1.30 bits per heavy atom. The second-order valence-electron chi connectivity index (χ2n) is 3.73. The number of nitrogens with two attached hydrogens (primary N) is 1.